The first kappa shape index (κ1) is 19.8. The molecule has 0 spiro atoms. The van der Waals surface area contributed by atoms with Crippen LogP contribution in [0.25, 0.3) is 0 Å². The van der Waals surface area contributed by atoms with E-state index in [1.807, 2.05) is 0 Å². The van der Waals surface area contributed by atoms with Crippen molar-refractivity contribution in [2.45, 2.75) is 11.8 Å². The van der Waals surface area contributed by atoms with Gasteiger partial charge in [0, 0.05) is 10.5 Å². The number of hydrogen-bond acceptors (Lipinski definition) is 6. The zero-order valence-corrected chi connectivity index (χ0v) is 15.6. The summed E-state index contributed by atoms with van der Waals surface area (Å²) < 4.78 is 45.3. The maximum Gasteiger partial charge on any atom is 0.338 e. The highest BCUT2D eigenvalue weighted by Crippen LogP contribution is 2.28. The van der Waals surface area contributed by atoms with E-state index in [1.54, 1.807) is 6.92 Å². The van der Waals surface area contributed by atoms with Gasteiger partial charge in [-0.15, -0.1) is 0 Å². The summed E-state index contributed by atoms with van der Waals surface area (Å²) >= 11 is 3.07. The van der Waals surface area contributed by atoms with Crippen molar-refractivity contribution < 1.29 is 27.3 Å². The van der Waals surface area contributed by atoms with Crippen molar-refractivity contribution in [1.29, 1.82) is 0 Å². The second kappa shape index (κ2) is 7.79. The van der Waals surface area contributed by atoms with Crippen molar-refractivity contribution in [3.63, 3.8) is 0 Å². The molecule has 0 aromatic heterocycles. The molecular weight excluding hydrogens is 435 g/mol. The van der Waals surface area contributed by atoms with Gasteiger partial charge in [-0.3, -0.25) is 14.8 Å². The van der Waals surface area contributed by atoms with Crippen LogP contribution in [-0.4, -0.2) is 25.9 Å². The van der Waals surface area contributed by atoms with Gasteiger partial charge in [0.1, 0.15) is 4.90 Å². The third-order valence-electron chi connectivity index (χ3n) is 3.13. The first-order valence-corrected chi connectivity index (χ1v) is 9.36. The Bertz CT molecular complexity index is 980. The molecule has 1 N–H and O–H groups in total. The number of benzene rings is 2. The Hall–Kier alpha value is -2.53. The Morgan fingerprint density at radius 3 is 2.58 bits per heavy atom. The van der Waals surface area contributed by atoms with Crippen molar-refractivity contribution in [2.75, 3.05) is 11.3 Å². The number of nitro groups is 1. The van der Waals surface area contributed by atoms with Crippen molar-refractivity contribution in [3.05, 3.63) is 62.4 Å². The van der Waals surface area contributed by atoms with E-state index in [1.165, 1.54) is 18.2 Å². The van der Waals surface area contributed by atoms with Crippen LogP contribution in [0.4, 0.5) is 15.8 Å². The fraction of sp³-hybridized carbons (Fsp3) is 0.133. The molecule has 0 bridgehead atoms. The number of ether oxygens (including phenoxy) is 1. The van der Waals surface area contributed by atoms with E-state index in [-0.39, 0.29) is 27.2 Å². The summed E-state index contributed by atoms with van der Waals surface area (Å²) in [6.45, 7) is 1.80. The molecule has 0 saturated heterocycles. The van der Waals surface area contributed by atoms with Crippen LogP contribution in [0.15, 0.2) is 45.8 Å². The Morgan fingerprint density at radius 1 is 1.31 bits per heavy atom. The van der Waals surface area contributed by atoms with Crippen LogP contribution in [0.3, 0.4) is 0 Å². The third kappa shape index (κ3) is 4.35. The van der Waals surface area contributed by atoms with Crippen molar-refractivity contribution in [1.82, 2.24) is 0 Å². The molecule has 0 aliphatic carbocycles. The monoisotopic (exact) mass is 446 g/mol. The predicted octanol–water partition coefficient (Wildman–Crippen LogP) is 3.47. The number of anilines is 1. The van der Waals surface area contributed by atoms with Gasteiger partial charge in [0.25, 0.3) is 10.0 Å². The summed E-state index contributed by atoms with van der Waals surface area (Å²) in [5, 5.41) is 10.8. The molecule has 0 atom stereocenters. The molecule has 2 aromatic carbocycles. The fourth-order valence-corrected chi connectivity index (χ4v) is 4.11. The molecule has 0 unspecified atom stereocenters. The van der Waals surface area contributed by atoms with Crippen LogP contribution in [0.2, 0.25) is 0 Å². The van der Waals surface area contributed by atoms with Crippen LogP contribution in [0, 0.1) is 15.9 Å². The van der Waals surface area contributed by atoms with Crippen LogP contribution in [0.5, 0.6) is 0 Å². The lowest BCUT2D eigenvalue weighted by atomic mass is 10.2. The summed E-state index contributed by atoms with van der Waals surface area (Å²) in [5.74, 6) is -1.70. The number of nitrogens with one attached hydrogen (secondary N) is 1. The van der Waals surface area contributed by atoms with Crippen LogP contribution < -0.4 is 4.72 Å². The SMILES string of the molecule is CCOC(=O)c1ccc(S(=O)(=O)Nc2ccc(F)c([N+](=O)[O-])c2)c(Br)c1. The van der Waals surface area contributed by atoms with E-state index in [4.69, 9.17) is 4.74 Å². The Labute approximate surface area is 156 Å². The average molecular weight is 447 g/mol. The van der Waals surface area contributed by atoms with E-state index in [9.17, 15) is 27.7 Å². The number of hydrogen-bond donors (Lipinski definition) is 1. The quantitative estimate of drug-likeness (QED) is 0.412. The van der Waals surface area contributed by atoms with Crippen LogP contribution in [0.1, 0.15) is 17.3 Å². The number of nitro benzene ring substituents is 1. The van der Waals surface area contributed by atoms with Crippen LogP contribution in [-0.2, 0) is 14.8 Å². The molecular formula is C15H12BrFN2O6S. The molecule has 0 amide bonds. The summed E-state index contributed by atoms with van der Waals surface area (Å²) in [6, 6.07) is 6.34. The van der Waals surface area contributed by atoms with E-state index in [0.29, 0.717) is 0 Å². The molecule has 138 valence electrons. The Balaban J connectivity index is 2.35. The molecule has 11 heteroatoms. The van der Waals surface area contributed by atoms with Gasteiger partial charge in [0.2, 0.25) is 5.82 Å². The number of carbonyl (C=O) groups is 1. The van der Waals surface area contributed by atoms with E-state index >= 15 is 0 Å². The molecule has 8 nitrogen and oxygen atoms in total. The van der Waals surface area contributed by atoms with Crippen LogP contribution >= 0.6 is 15.9 Å². The standard InChI is InChI=1S/C15H12BrFN2O6S/c1-2-25-15(20)9-3-6-14(11(16)7-9)26(23,24)18-10-4-5-12(17)13(8-10)19(21)22/h3-8,18H,2H2,1H3. The van der Waals surface area contributed by atoms with E-state index in [2.05, 4.69) is 20.7 Å². The van der Waals surface area contributed by atoms with Gasteiger partial charge < -0.3 is 4.74 Å². The highest BCUT2D eigenvalue weighted by molar-refractivity contribution is 9.10. The summed E-state index contributed by atoms with van der Waals surface area (Å²) in [7, 11) is -4.15. The number of sulfonamides is 1. The highest BCUT2D eigenvalue weighted by Gasteiger charge is 2.22. The van der Waals surface area contributed by atoms with Crippen molar-refractivity contribution >= 4 is 43.3 Å². The smallest absolute Gasteiger partial charge is 0.338 e. The molecule has 2 rings (SSSR count). The van der Waals surface area contributed by atoms with Crippen molar-refractivity contribution in [3.8, 4) is 0 Å². The summed E-state index contributed by atoms with van der Waals surface area (Å²) in [5.41, 5.74) is -0.892. The van der Waals surface area contributed by atoms with Gasteiger partial charge in [-0.25, -0.2) is 13.2 Å². The zero-order chi connectivity index (χ0) is 19.5. The van der Waals surface area contributed by atoms with Gasteiger partial charge in [0.15, 0.2) is 0 Å². The average Bonchev–Trinajstić information content (AvgIpc) is 2.56. The molecule has 0 saturated carbocycles. The van der Waals surface area contributed by atoms with E-state index < -0.39 is 32.4 Å². The van der Waals surface area contributed by atoms with Crippen molar-refractivity contribution in [2.24, 2.45) is 0 Å². The summed E-state index contributed by atoms with van der Waals surface area (Å²) in [6.07, 6.45) is 0. The zero-order valence-electron chi connectivity index (χ0n) is 13.2. The number of rotatable bonds is 6. The first-order chi connectivity index (χ1) is 12.2. The molecule has 0 radical (unpaired) electrons. The maximum atomic E-state index is 13.4. The number of nitrogens with zero attached hydrogens (tertiary/aromatic N) is 1. The predicted molar refractivity (Wildman–Crippen MR) is 94.0 cm³/mol. The largest absolute Gasteiger partial charge is 0.462 e. The second-order valence-electron chi connectivity index (χ2n) is 4.89. The molecule has 26 heavy (non-hydrogen) atoms. The fourth-order valence-electron chi connectivity index (χ4n) is 1.99. The topological polar surface area (TPSA) is 116 Å². The number of halogens is 2. The molecule has 0 aliphatic heterocycles. The minimum absolute atomic E-state index is 0.0900. The van der Waals surface area contributed by atoms with Gasteiger partial charge in [0.05, 0.1) is 22.8 Å². The van der Waals surface area contributed by atoms with Gasteiger partial charge >= 0.3 is 11.7 Å². The van der Waals surface area contributed by atoms with Gasteiger partial charge in [-0.05, 0) is 53.2 Å². The maximum absolute atomic E-state index is 13.4. The lowest BCUT2D eigenvalue weighted by Gasteiger charge is -2.11. The molecule has 0 heterocycles. The lowest BCUT2D eigenvalue weighted by Crippen LogP contribution is -2.14. The molecule has 0 fully saturated rings. The Kier molecular flexibility index (Phi) is 5.93. The van der Waals surface area contributed by atoms with E-state index in [0.717, 1.165) is 18.2 Å². The first-order valence-electron chi connectivity index (χ1n) is 7.09. The lowest BCUT2D eigenvalue weighted by molar-refractivity contribution is -0.387. The minimum Gasteiger partial charge on any atom is -0.462 e. The summed E-state index contributed by atoms with van der Waals surface area (Å²) in [4.78, 5) is 21.3. The molecule has 2 aromatic rings. The number of carbonyl (C=O) groups excluding carboxylic acids is 1. The number of esters is 1. The van der Waals surface area contributed by atoms with Gasteiger partial charge in [-0.2, -0.15) is 4.39 Å². The normalized spacial score (nSPS) is 11.0. The minimum atomic E-state index is -4.15. The van der Waals surface area contributed by atoms with Gasteiger partial charge in [-0.1, -0.05) is 0 Å². The third-order valence-corrected chi connectivity index (χ3v) is 5.49. The second-order valence-corrected chi connectivity index (χ2v) is 7.40. The highest BCUT2D eigenvalue weighted by atomic mass is 79.9. The Morgan fingerprint density at radius 2 is 2.00 bits per heavy atom. The molecule has 0 aliphatic rings.